The van der Waals surface area contributed by atoms with Gasteiger partial charge in [-0.1, -0.05) is 6.07 Å². The Bertz CT molecular complexity index is 450. The third kappa shape index (κ3) is 1.23. The van der Waals surface area contributed by atoms with Gasteiger partial charge in [0.25, 0.3) is 5.91 Å². The molecular weight excluding hydrogens is 204 g/mol. The maximum atomic E-state index is 11.8. The summed E-state index contributed by atoms with van der Waals surface area (Å²) in [5.74, 6) is 0.0904. The highest BCUT2D eigenvalue weighted by atomic mass is 16.3. The average Bonchev–Trinajstić information content (AvgIpc) is 2.53. The highest BCUT2D eigenvalue weighted by Crippen LogP contribution is 2.38. The molecule has 0 saturated carbocycles. The normalized spacial score (nSPS) is 21.9. The molecule has 0 bridgehead atoms. The van der Waals surface area contributed by atoms with Crippen molar-refractivity contribution in [2.24, 2.45) is 0 Å². The first kappa shape index (κ1) is 9.66. The van der Waals surface area contributed by atoms with Gasteiger partial charge in [0.05, 0.1) is 5.54 Å². The second kappa shape index (κ2) is 3.22. The Morgan fingerprint density at radius 2 is 2.00 bits per heavy atom. The van der Waals surface area contributed by atoms with Gasteiger partial charge >= 0.3 is 0 Å². The van der Waals surface area contributed by atoms with E-state index < -0.39 is 0 Å². The Balaban J connectivity index is 2.11. The molecule has 1 fully saturated rings. The molecule has 2 aliphatic rings. The fraction of sp³-hybridized carbons (Fsp3) is 0.417. The molecule has 0 unspecified atom stereocenters. The van der Waals surface area contributed by atoms with Crippen LogP contribution in [0.25, 0.3) is 0 Å². The number of benzene rings is 1. The van der Waals surface area contributed by atoms with E-state index in [1.807, 2.05) is 6.07 Å². The molecule has 3 N–H and O–H groups in total. The second-order valence-corrected chi connectivity index (χ2v) is 4.52. The topological polar surface area (TPSA) is 61.4 Å². The number of fused-ring (bicyclic) bond motifs is 2. The number of piperidine rings is 1. The van der Waals surface area contributed by atoms with Crippen LogP contribution in [0.1, 0.15) is 28.8 Å². The van der Waals surface area contributed by atoms with Gasteiger partial charge in [-0.3, -0.25) is 4.79 Å². The first-order valence-electron chi connectivity index (χ1n) is 5.58. The Kier molecular flexibility index (Phi) is 1.94. The number of nitrogens with one attached hydrogen (secondary N) is 2. The van der Waals surface area contributed by atoms with E-state index in [1.54, 1.807) is 12.1 Å². The standard InChI is InChI=1S/C12H14N2O2/c15-8-1-2-10-9(7-8)11(16)14-12(10)3-5-13-6-4-12/h1-2,7,13,15H,3-6H2,(H,14,16). The maximum Gasteiger partial charge on any atom is 0.252 e. The Morgan fingerprint density at radius 1 is 1.25 bits per heavy atom. The Labute approximate surface area is 93.7 Å². The zero-order valence-electron chi connectivity index (χ0n) is 8.92. The first-order valence-corrected chi connectivity index (χ1v) is 5.58. The summed E-state index contributed by atoms with van der Waals surface area (Å²) in [6.07, 6.45) is 1.83. The largest absolute Gasteiger partial charge is 0.508 e. The van der Waals surface area contributed by atoms with Gasteiger partial charge in [0.15, 0.2) is 0 Å². The summed E-state index contributed by atoms with van der Waals surface area (Å²) < 4.78 is 0. The van der Waals surface area contributed by atoms with Crippen LogP contribution < -0.4 is 10.6 Å². The van der Waals surface area contributed by atoms with Crippen LogP contribution in [0.5, 0.6) is 5.75 Å². The van der Waals surface area contributed by atoms with Gasteiger partial charge < -0.3 is 15.7 Å². The monoisotopic (exact) mass is 218 g/mol. The van der Waals surface area contributed by atoms with Gasteiger partial charge in [-0.15, -0.1) is 0 Å². The average molecular weight is 218 g/mol. The lowest BCUT2D eigenvalue weighted by Gasteiger charge is -2.34. The van der Waals surface area contributed by atoms with Gasteiger partial charge in [-0.25, -0.2) is 0 Å². The predicted octanol–water partition coefficient (Wildman–Crippen LogP) is 0.714. The van der Waals surface area contributed by atoms with Crippen LogP contribution in [0.2, 0.25) is 0 Å². The van der Waals surface area contributed by atoms with E-state index in [0.29, 0.717) is 5.56 Å². The summed E-state index contributed by atoms with van der Waals surface area (Å²) in [4.78, 5) is 11.8. The van der Waals surface area contributed by atoms with E-state index in [9.17, 15) is 9.90 Å². The summed E-state index contributed by atoms with van der Waals surface area (Å²) in [5, 5.41) is 15.8. The number of aromatic hydroxyl groups is 1. The number of hydrogen-bond donors (Lipinski definition) is 3. The predicted molar refractivity (Wildman–Crippen MR) is 59.4 cm³/mol. The minimum absolute atomic E-state index is 0.0622. The SMILES string of the molecule is O=C1NC2(CCNCC2)c2ccc(O)cc21. The first-order chi connectivity index (χ1) is 7.71. The van der Waals surface area contributed by atoms with Crippen LogP contribution >= 0.6 is 0 Å². The van der Waals surface area contributed by atoms with Gasteiger partial charge in [-0.05, 0) is 43.6 Å². The van der Waals surface area contributed by atoms with Crippen LogP contribution in [0.4, 0.5) is 0 Å². The zero-order valence-corrected chi connectivity index (χ0v) is 8.92. The molecule has 0 aromatic heterocycles. The zero-order chi connectivity index (χ0) is 11.2. The summed E-state index contributed by atoms with van der Waals surface area (Å²) in [5.41, 5.74) is 1.46. The highest BCUT2D eigenvalue weighted by molar-refractivity contribution is 6.00. The number of rotatable bonds is 0. The Hall–Kier alpha value is -1.55. The lowest BCUT2D eigenvalue weighted by atomic mass is 9.82. The smallest absolute Gasteiger partial charge is 0.252 e. The van der Waals surface area contributed by atoms with Crippen molar-refractivity contribution in [3.63, 3.8) is 0 Å². The van der Waals surface area contributed by atoms with Crippen molar-refractivity contribution in [3.05, 3.63) is 29.3 Å². The van der Waals surface area contributed by atoms with Gasteiger partial charge in [0, 0.05) is 5.56 Å². The van der Waals surface area contributed by atoms with Crippen molar-refractivity contribution in [2.45, 2.75) is 18.4 Å². The Morgan fingerprint density at radius 3 is 2.75 bits per heavy atom. The molecule has 1 spiro atoms. The number of hydrogen-bond acceptors (Lipinski definition) is 3. The molecule has 4 heteroatoms. The van der Waals surface area contributed by atoms with Crippen molar-refractivity contribution in [2.75, 3.05) is 13.1 Å². The van der Waals surface area contributed by atoms with Crippen molar-refractivity contribution in [1.82, 2.24) is 10.6 Å². The van der Waals surface area contributed by atoms with Gasteiger partial charge in [0.1, 0.15) is 5.75 Å². The molecule has 3 rings (SSSR count). The summed E-state index contributed by atoms with van der Waals surface area (Å²) in [6.45, 7) is 1.83. The lowest BCUT2D eigenvalue weighted by molar-refractivity contribution is 0.0913. The van der Waals surface area contributed by atoms with Crippen LogP contribution in [-0.2, 0) is 5.54 Å². The molecule has 1 saturated heterocycles. The van der Waals surface area contributed by atoms with Crippen LogP contribution in [0.15, 0.2) is 18.2 Å². The molecular formula is C12H14N2O2. The van der Waals surface area contributed by atoms with Gasteiger partial charge in [-0.2, -0.15) is 0 Å². The summed E-state index contributed by atoms with van der Waals surface area (Å²) in [6, 6.07) is 5.08. The third-order valence-corrected chi connectivity index (χ3v) is 3.57. The van der Waals surface area contributed by atoms with Gasteiger partial charge in [0.2, 0.25) is 0 Å². The fourth-order valence-corrected chi connectivity index (χ4v) is 2.74. The van der Waals surface area contributed by atoms with Crippen molar-refractivity contribution >= 4 is 5.91 Å². The van der Waals surface area contributed by atoms with Crippen molar-refractivity contribution < 1.29 is 9.90 Å². The molecule has 84 valence electrons. The third-order valence-electron chi connectivity index (χ3n) is 3.57. The number of carbonyl (C=O) groups excluding carboxylic acids is 1. The van der Waals surface area contributed by atoms with E-state index >= 15 is 0 Å². The quantitative estimate of drug-likeness (QED) is 0.601. The number of phenolic OH excluding ortho intramolecular Hbond substituents is 1. The molecule has 16 heavy (non-hydrogen) atoms. The summed E-state index contributed by atoms with van der Waals surface area (Å²) >= 11 is 0. The second-order valence-electron chi connectivity index (χ2n) is 4.52. The highest BCUT2D eigenvalue weighted by Gasteiger charge is 2.43. The van der Waals surface area contributed by atoms with Crippen LogP contribution in [0, 0.1) is 0 Å². The molecule has 0 atom stereocenters. The fourth-order valence-electron chi connectivity index (χ4n) is 2.74. The maximum absolute atomic E-state index is 11.8. The molecule has 0 radical (unpaired) electrons. The van der Waals surface area contributed by atoms with Crippen molar-refractivity contribution in [3.8, 4) is 5.75 Å². The van der Waals surface area contributed by atoms with Crippen LogP contribution in [-0.4, -0.2) is 24.1 Å². The molecule has 2 aliphatic heterocycles. The molecule has 0 aliphatic carbocycles. The van der Waals surface area contributed by atoms with E-state index in [-0.39, 0.29) is 17.2 Å². The lowest BCUT2D eigenvalue weighted by Crippen LogP contribution is -2.47. The van der Waals surface area contributed by atoms with E-state index in [1.165, 1.54) is 0 Å². The number of amides is 1. The minimum atomic E-state index is -0.203. The molecule has 2 heterocycles. The number of carbonyl (C=O) groups is 1. The summed E-state index contributed by atoms with van der Waals surface area (Å²) in [7, 11) is 0. The molecule has 4 nitrogen and oxygen atoms in total. The number of phenols is 1. The minimum Gasteiger partial charge on any atom is -0.508 e. The molecule has 1 aromatic carbocycles. The van der Waals surface area contributed by atoms with E-state index in [0.717, 1.165) is 31.5 Å². The van der Waals surface area contributed by atoms with E-state index in [4.69, 9.17) is 0 Å². The van der Waals surface area contributed by atoms with Crippen LogP contribution in [0.3, 0.4) is 0 Å². The van der Waals surface area contributed by atoms with E-state index in [2.05, 4.69) is 10.6 Å². The molecule has 1 aromatic rings. The molecule has 1 amide bonds. The van der Waals surface area contributed by atoms with Crippen molar-refractivity contribution in [1.29, 1.82) is 0 Å².